The summed E-state index contributed by atoms with van der Waals surface area (Å²) in [6.45, 7) is 7.39. The summed E-state index contributed by atoms with van der Waals surface area (Å²) in [7, 11) is -3.64. The average Bonchev–Trinajstić information content (AvgIpc) is 2.84. The van der Waals surface area contributed by atoms with Gasteiger partial charge in [0.05, 0.1) is 18.1 Å². The molecule has 0 saturated heterocycles. The van der Waals surface area contributed by atoms with Gasteiger partial charge in [0, 0.05) is 25.2 Å². The van der Waals surface area contributed by atoms with E-state index >= 15 is 0 Å². The highest BCUT2D eigenvalue weighted by atomic mass is 32.2. The molecule has 1 amide bonds. The number of sulfonamides is 1. The van der Waals surface area contributed by atoms with Gasteiger partial charge in [-0.2, -0.15) is 4.31 Å². The molecule has 0 aliphatic carbocycles. The summed E-state index contributed by atoms with van der Waals surface area (Å²) >= 11 is 0. The molecule has 0 atom stereocenters. The lowest BCUT2D eigenvalue weighted by molar-refractivity contribution is 0.0947. The molecule has 0 aliphatic heterocycles. The van der Waals surface area contributed by atoms with Gasteiger partial charge in [-0.3, -0.25) is 4.79 Å². The Bertz CT molecular complexity index is 1210. The molecule has 180 valence electrons. The highest BCUT2D eigenvalue weighted by Crippen LogP contribution is 2.20. The van der Waals surface area contributed by atoms with E-state index in [0.29, 0.717) is 38.4 Å². The Kier molecular flexibility index (Phi) is 8.98. The van der Waals surface area contributed by atoms with Crippen LogP contribution in [0.4, 0.5) is 0 Å². The third-order valence-corrected chi connectivity index (χ3v) is 7.77. The molecule has 3 aromatic carbocycles. The van der Waals surface area contributed by atoms with Crippen molar-refractivity contribution in [1.82, 2.24) is 9.62 Å². The number of nitrogens with zero attached hydrogens (tertiary/aromatic N) is 1. The van der Waals surface area contributed by atoms with Crippen molar-refractivity contribution in [3.05, 3.63) is 101 Å². The number of rotatable bonds is 11. The van der Waals surface area contributed by atoms with Gasteiger partial charge in [0.25, 0.3) is 5.91 Å². The fourth-order valence-corrected chi connectivity index (χ4v) is 5.20. The summed E-state index contributed by atoms with van der Waals surface area (Å²) in [5, 5.41) is 2.94. The van der Waals surface area contributed by atoms with E-state index < -0.39 is 10.0 Å². The third-order valence-electron chi connectivity index (χ3n) is 5.72. The number of hydrogen-bond donors (Lipinski definition) is 1. The molecule has 0 aromatic heterocycles. The first-order chi connectivity index (χ1) is 16.4. The number of ether oxygens (including phenoxy) is 1. The Morgan fingerprint density at radius 1 is 0.882 bits per heavy atom. The van der Waals surface area contributed by atoms with Crippen LogP contribution < -0.4 is 5.32 Å². The molecule has 7 heteroatoms. The number of nitrogens with one attached hydrogen (secondary N) is 1. The van der Waals surface area contributed by atoms with Crippen molar-refractivity contribution >= 4 is 15.9 Å². The maximum absolute atomic E-state index is 13.0. The van der Waals surface area contributed by atoms with E-state index in [9.17, 15) is 13.2 Å². The predicted molar refractivity (Wildman–Crippen MR) is 134 cm³/mol. The zero-order chi connectivity index (χ0) is 24.6. The molecule has 0 spiro atoms. The summed E-state index contributed by atoms with van der Waals surface area (Å²) < 4.78 is 33.0. The molecule has 0 saturated carbocycles. The van der Waals surface area contributed by atoms with E-state index in [0.717, 1.165) is 22.3 Å². The normalized spacial score (nSPS) is 11.5. The molecule has 0 unspecified atom stereocenters. The van der Waals surface area contributed by atoms with E-state index in [1.54, 1.807) is 32.9 Å². The minimum atomic E-state index is -3.64. The van der Waals surface area contributed by atoms with Gasteiger partial charge in [0.15, 0.2) is 0 Å². The molecule has 3 aromatic rings. The second-order valence-electron chi connectivity index (χ2n) is 8.00. The molecule has 0 aliphatic rings. The second kappa shape index (κ2) is 11.9. The van der Waals surface area contributed by atoms with Crippen LogP contribution in [0.1, 0.15) is 46.5 Å². The highest BCUT2D eigenvalue weighted by Gasteiger charge is 2.23. The van der Waals surface area contributed by atoms with E-state index in [1.165, 1.54) is 10.4 Å². The molecule has 0 radical (unpaired) electrons. The van der Waals surface area contributed by atoms with Crippen LogP contribution in [0.25, 0.3) is 0 Å². The van der Waals surface area contributed by atoms with Crippen LogP contribution in [0.15, 0.2) is 77.7 Å². The number of carbonyl (C=O) groups is 1. The van der Waals surface area contributed by atoms with E-state index in [1.807, 2.05) is 54.6 Å². The smallest absolute Gasteiger partial charge is 0.251 e. The van der Waals surface area contributed by atoms with Crippen molar-refractivity contribution in [2.24, 2.45) is 0 Å². The van der Waals surface area contributed by atoms with Crippen LogP contribution in [-0.4, -0.2) is 31.7 Å². The Morgan fingerprint density at radius 3 is 2.21 bits per heavy atom. The van der Waals surface area contributed by atoms with Crippen LogP contribution in [0.3, 0.4) is 0 Å². The largest absolute Gasteiger partial charge is 0.372 e. The zero-order valence-corrected chi connectivity index (χ0v) is 20.8. The van der Waals surface area contributed by atoms with Crippen molar-refractivity contribution in [2.45, 2.75) is 45.4 Å². The van der Waals surface area contributed by atoms with Gasteiger partial charge in [0.1, 0.15) is 0 Å². The molecule has 0 bridgehead atoms. The standard InChI is InChI=1S/C27H32N2O4S/c1-4-29(5-2)34(31,32)25-16-15-21(3)26(17-25)27(30)28-18-23-13-9-10-14-24(23)20-33-19-22-11-7-6-8-12-22/h6-17H,4-5,18-20H2,1-3H3,(H,28,30). The number of aryl methyl sites for hydroxylation is 1. The number of amides is 1. The predicted octanol–water partition coefficient (Wildman–Crippen LogP) is 4.67. The Morgan fingerprint density at radius 2 is 1.53 bits per heavy atom. The Labute approximate surface area is 202 Å². The minimum absolute atomic E-state index is 0.127. The van der Waals surface area contributed by atoms with Crippen LogP contribution in [0.5, 0.6) is 0 Å². The van der Waals surface area contributed by atoms with E-state index in [-0.39, 0.29) is 10.8 Å². The fraction of sp³-hybridized carbons (Fsp3) is 0.296. The molecular formula is C27H32N2O4S. The lowest BCUT2D eigenvalue weighted by Gasteiger charge is -2.19. The summed E-state index contributed by atoms with van der Waals surface area (Å²) in [4.78, 5) is 13.1. The van der Waals surface area contributed by atoms with Gasteiger partial charge >= 0.3 is 0 Å². The van der Waals surface area contributed by atoms with Crippen LogP contribution >= 0.6 is 0 Å². The van der Waals surface area contributed by atoms with Gasteiger partial charge in [-0.05, 0) is 41.3 Å². The SMILES string of the molecule is CCN(CC)S(=O)(=O)c1ccc(C)c(C(=O)NCc2ccccc2COCc2ccccc2)c1. The molecule has 0 heterocycles. The minimum Gasteiger partial charge on any atom is -0.372 e. The summed E-state index contributed by atoms with van der Waals surface area (Å²) in [5.41, 5.74) is 4.12. The van der Waals surface area contributed by atoms with Crippen LogP contribution in [0.2, 0.25) is 0 Å². The van der Waals surface area contributed by atoms with Crippen molar-refractivity contribution in [3.8, 4) is 0 Å². The summed E-state index contributed by atoms with van der Waals surface area (Å²) in [6.07, 6.45) is 0. The zero-order valence-electron chi connectivity index (χ0n) is 20.0. The Balaban J connectivity index is 1.69. The fourth-order valence-electron chi connectivity index (χ4n) is 3.71. The van der Waals surface area contributed by atoms with Crippen LogP contribution in [-0.2, 0) is 34.5 Å². The highest BCUT2D eigenvalue weighted by molar-refractivity contribution is 7.89. The monoisotopic (exact) mass is 480 g/mol. The Hall–Kier alpha value is -3.00. The first kappa shape index (κ1) is 25.6. The first-order valence-corrected chi connectivity index (χ1v) is 12.9. The van der Waals surface area contributed by atoms with Crippen molar-refractivity contribution in [1.29, 1.82) is 0 Å². The number of carbonyl (C=O) groups excluding carboxylic acids is 1. The molecule has 0 fully saturated rings. The number of benzene rings is 3. The van der Waals surface area contributed by atoms with Crippen LogP contribution in [0, 0.1) is 6.92 Å². The maximum Gasteiger partial charge on any atom is 0.251 e. The van der Waals surface area contributed by atoms with Gasteiger partial charge < -0.3 is 10.1 Å². The van der Waals surface area contributed by atoms with Gasteiger partial charge in [0.2, 0.25) is 10.0 Å². The van der Waals surface area contributed by atoms with Gasteiger partial charge in [-0.15, -0.1) is 0 Å². The lowest BCUT2D eigenvalue weighted by Crippen LogP contribution is -2.31. The average molecular weight is 481 g/mol. The second-order valence-corrected chi connectivity index (χ2v) is 9.93. The lowest BCUT2D eigenvalue weighted by atomic mass is 10.1. The third kappa shape index (κ3) is 6.32. The van der Waals surface area contributed by atoms with Crippen molar-refractivity contribution in [2.75, 3.05) is 13.1 Å². The summed E-state index contributed by atoms with van der Waals surface area (Å²) in [6, 6.07) is 22.5. The molecule has 1 N–H and O–H groups in total. The maximum atomic E-state index is 13.0. The number of hydrogen-bond acceptors (Lipinski definition) is 4. The summed E-state index contributed by atoms with van der Waals surface area (Å²) in [5.74, 6) is -0.311. The first-order valence-electron chi connectivity index (χ1n) is 11.4. The molecule has 3 rings (SSSR count). The molecule has 34 heavy (non-hydrogen) atoms. The van der Waals surface area contributed by atoms with E-state index in [2.05, 4.69) is 5.32 Å². The van der Waals surface area contributed by atoms with Crippen molar-refractivity contribution in [3.63, 3.8) is 0 Å². The van der Waals surface area contributed by atoms with Gasteiger partial charge in [-0.1, -0.05) is 74.5 Å². The van der Waals surface area contributed by atoms with Crippen molar-refractivity contribution < 1.29 is 17.9 Å². The topological polar surface area (TPSA) is 75.7 Å². The quantitative estimate of drug-likeness (QED) is 0.433. The molecular weight excluding hydrogens is 448 g/mol. The van der Waals surface area contributed by atoms with E-state index in [4.69, 9.17) is 4.74 Å². The van der Waals surface area contributed by atoms with Gasteiger partial charge in [-0.25, -0.2) is 8.42 Å². The molecule has 6 nitrogen and oxygen atoms in total.